The van der Waals surface area contributed by atoms with Gasteiger partial charge in [-0.25, -0.2) is 0 Å². The summed E-state index contributed by atoms with van der Waals surface area (Å²) >= 11 is 0. The Bertz CT molecular complexity index is 1100. The maximum Gasteiger partial charge on any atom is 0.303 e. The van der Waals surface area contributed by atoms with Gasteiger partial charge in [0.2, 0.25) is 0 Å². The van der Waals surface area contributed by atoms with E-state index in [4.69, 9.17) is 15.1 Å². The number of carboxylic acids is 1. The van der Waals surface area contributed by atoms with Crippen molar-refractivity contribution in [3.05, 3.63) is 83.5 Å². The molecule has 0 saturated heterocycles. The fourth-order valence-electron chi connectivity index (χ4n) is 4.59. The fraction of sp³-hybridized carbons (Fsp3) is 0.486. The van der Waals surface area contributed by atoms with Crippen LogP contribution >= 0.6 is 0 Å². The van der Waals surface area contributed by atoms with Gasteiger partial charge in [0.1, 0.15) is 0 Å². The zero-order valence-electron chi connectivity index (χ0n) is 25.2. The van der Waals surface area contributed by atoms with Crippen LogP contribution in [0.25, 0.3) is 0 Å². The number of carboxylic acid groups (broad SMARTS) is 1. The summed E-state index contributed by atoms with van der Waals surface area (Å²) in [6, 6.07) is 9.57. The van der Waals surface area contributed by atoms with Crippen molar-refractivity contribution in [3.63, 3.8) is 0 Å². The Labute approximate surface area is 247 Å². The van der Waals surface area contributed by atoms with Gasteiger partial charge in [0, 0.05) is 18.2 Å². The lowest BCUT2D eigenvalue weighted by Crippen LogP contribution is -2.32. The van der Waals surface area contributed by atoms with Crippen LogP contribution in [0.2, 0.25) is 0 Å². The minimum absolute atomic E-state index is 0.0480. The Hall–Kier alpha value is -3.54. The van der Waals surface area contributed by atoms with Crippen molar-refractivity contribution in [1.82, 2.24) is 5.32 Å². The van der Waals surface area contributed by atoms with E-state index < -0.39 is 5.97 Å². The standard InChI is InChI=1S/C35H49N3O3/c1-4-7-11-18-28(17-6-3)27-37-32-24-23-30(26-33(32)36-25-16-10-15-22-34(39)40)35(41)38-31(21-12-8-5-2)29-19-13-9-14-20-29/h9,11,13-14,17-20,23-27,31-33H,4-8,10,12,15-16,21-22H2,1-3H3,(H,38,41)(H,39,40)/b18-11-,28-17+,36-25+,37-27+. The highest BCUT2D eigenvalue weighted by Crippen LogP contribution is 2.23. The van der Waals surface area contributed by atoms with E-state index in [1.807, 2.05) is 48.9 Å². The molecule has 222 valence electrons. The third-order valence-electron chi connectivity index (χ3n) is 6.89. The van der Waals surface area contributed by atoms with E-state index in [9.17, 15) is 9.59 Å². The molecule has 1 amide bonds. The van der Waals surface area contributed by atoms with E-state index in [0.717, 1.165) is 62.5 Å². The van der Waals surface area contributed by atoms with Gasteiger partial charge in [-0.2, -0.15) is 0 Å². The molecule has 1 aromatic rings. The third kappa shape index (κ3) is 13.6. The number of carbonyl (C=O) groups is 2. The van der Waals surface area contributed by atoms with Crippen LogP contribution < -0.4 is 5.32 Å². The molecule has 0 aliphatic heterocycles. The van der Waals surface area contributed by atoms with Crippen molar-refractivity contribution < 1.29 is 14.7 Å². The van der Waals surface area contributed by atoms with Crippen molar-refractivity contribution in [2.24, 2.45) is 9.98 Å². The quantitative estimate of drug-likeness (QED) is 0.102. The number of amides is 1. The first kappa shape index (κ1) is 33.7. The molecule has 1 aromatic carbocycles. The first-order chi connectivity index (χ1) is 20.0. The Morgan fingerprint density at radius 3 is 2.49 bits per heavy atom. The molecule has 2 rings (SSSR count). The Morgan fingerprint density at radius 1 is 0.976 bits per heavy atom. The van der Waals surface area contributed by atoms with E-state index in [0.29, 0.717) is 18.4 Å². The summed E-state index contributed by atoms with van der Waals surface area (Å²) in [7, 11) is 0. The summed E-state index contributed by atoms with van der Waals surface area (Å²) in [6.45, 7) is 6.45. The number of aliphatic imine (C=N–C) groups is 2. The molecular formula is C35H49N3O3. The predicted octanol–water partition coefficient (Wildman–Crippen LogP) is 8.14. The van der Waals surface area contributed by atoms with Crippen LogP contribution in [0.4, 0.5) is 0 Å². The predicted molar refractivity (Wildman–Crippen MR) is 172 cm³/mol. The molecule has 41 heavy (non-hydrogen) atoms. The highest BCUT2D eigenvalue weighted by Gasteiger charge is 2.23. The van der Waals surface area contributed by atoms with E-state index >= 15 is 0 Å². The normalized spacial score (nSPS) is 18.3. The summed E-state index contributed by atoms with van der Waals surface area (Å²) in [6.07, 6.45) is 25.4. The molecule has 3 unspecified atom stereocenters. The average Bonchev–Trinajstić information content (AvgIpc) is 2.97. The number of unbranched alkanes of at least 4 members (excludes halogenated alkanes) is 5. The molecule has 6 nitrogen and oxygen atoms in total. The third-order valence-corrected chi connectivity index (χ3v) is 6.89. The molecule has 1 aliphatic carbocycles. The largest absolute Gasteiger partial charge is 0.481 e. The first-order valence-corrected chi connectivity index (χ1v) is 15.4. The molecule has 0 fully saturated rings. The minimum Gasteiger partial charge on any atom is -0.481 e. The van der Waals surface area contributed by atoms with Crippen LogP contribution in [0.3, 0.4) is 0 Å². The molecule has 6 heteroatoms. The lowest BCUT2D eigenvalue weighted by Gasteiger charge is -2.23. The number of benzene rings is 1. The molecule has 1 aliphatic rings. The SMILES string of the molecule is CC/C=C(\C=C/CCC)/C=N/C1C=CC(C(=O)NC(CCCCC)c2ccccc2)=CC1/N=C/CCCCC(=O)O. The number of hydrogen-bond acceptors (Lipinski definition) is 4. The van der Waals surface area contributed by atoms with E-state index in [-0.39, 0.29) is 30.5 Å². The van der Waals surface area contributed by atoms with Gasteiger partial charge in [0.25, 0.3) is 5.91 Å². The summed E-state index contributed by atoms with van der Waals surface area (Å²) in [5.41, 5.74) is 2.77. The van der Waals surface area contributed by atoms with E-state index in [1.165, 1.54) is 0 Å². The van der Waals surface area contributed by atoms with Crippen LogP contribution in [0.15, 0.2) is 87.9 Å². The Balaban J connectivity index is 2.22. The Morgan fingerprint density at radius 2 is 1.78 bits per heavy atom. The van der Waals surface area contributed by atoms with Crippen LogP contribution in [0.1, 0.15) is 103 Å². The second kappa shape index (κ2) is 20.4. The summed E-state index contributed by atoms with van der Waals surface area (Å²) in [5, 5.41) is 12.1. The maximum absolute atomic E-state index is 13.4. The fourth-order valence-corrected chi connectivity index (χ4v) is 4.59. The van der Waals surface area contributed by atoms with Crippen molar-refractivity contribution in [2.75, 3.05) is 0 Å². The van der Waals surface area contributed by atoms with Crippen LogP contribution in [0.5, 0.6) is 0 Å². The number of hydrogen-bond donors (Lipinski definition) is 2. The number of aliphatic carboxylic acids is 1. The smallest absolute Gasteiger partial charge is 0.303 e. The maximum atomic E-state index is 13.4. The average molecular weight is 560 g/mol. The van der Waals surface area contributed by atoms with Crippen molar-refractivity contribution in [1.29, 1.82) is 0 Å². The van der Waals surface area contributed by atoms with Gasteiger partial charge in [-0.15, -0.1) is 0 Å². The Kier molecular flexibility index (Phi) is 16.7. The summed E-state index contributed by atoms with van der Waals surface area (Å²) < 4.78 is 0. The molecule has 0 saturated carbocycles. The molecule has 3 atom stereocenters. The topological polar surface area (TPSA) is 91.1 Å². The van der Waals surface area contributed by atoms with Crippen LogP contribution in [-0.2, 0) is 9.59 Å². The molecule has 2 N–H and O–H groups in total. The highest BCUT2D eigenvalue weighted by molar-refractivity contribution is 5.97. The second-order valence-electron chi connectivity index (χ2n) is 10.4. The van der Waals surface area contributed by atoms with Crippen LogP contribution in [0, 0.1) is 0 Å². The molecule has 0 radical (unpaired) electrons. The van der Waals surface area contributed by atoms with Gasteiger partial charge in [0.05, 0.1) is 18.1 Å². The van der Waals surface area contributed by atoms with Gasteiger partial charge >= 0.3 is 5.97 Å². The molecular weight excluding hydrogens is 510 g/mol. The lowest BCUT2D eigenvalue weighted by molar-refractivity contribution is -0.137. The van der Waals surface area contributed by atoms with Crippen LogP contribution in [-0.4, -0.2) is 41.5 Å². The lowest BCUT2D eigenvalue weighted by atomic mass is 9.96. The van der Waals surface area contributed by atoms with Gasteiger partial charge < -0.3 is 10.4 Å². The van der Waals surface area contributed by atoms with Gasteiger partial charge in [-0.05, 0) is 62.0 Å². The monoisotopic (exact) mass is 559 g/mol. The molecule has 0 bridgehead atoms. The summed E-state index contributed by atoms with van der Waals surface area (Å²) in [5.74, 6) is -0.885. The molecule has 0 heterocycles. The van der Waals surface area contributed by atoms with Gasteiger partial charge in [-0.1, -0.05) is 107 Å². The number of nitrogens with zero attached hydrogens (tertiary/aromatic N) is 2. The van der Waals surface area contributed by atoms with Gasteiger partial charge in [-0.3, -0.25) is 19.6 Å². The zero-order valence-corrected chi connectivity index (χ0v) is 25.2. The first-order valence-electron chi connectivity index (χ1n) is 15.4. The number of allylic oxidation sites excluding steroid dienone is 4. The second-order valence-corrected chi connectivity index (χ2v) is 10.4. The number of carbonyl (C=O) groups excluding carboxylic acids is 1. The van der Waals surface area contributed by atoms with Crippen molar-refractivity contribution >= 4 is 24.3 Å². The van der Waals surface area contributed by atoms with E-state index in [2.05, 4.69) is 56.4 Å². The number of nitrogens with one attached hydrogen (secondary N) is 1. The highest BCUT2D eigenvalue weighted by atomic mass is 16.4. The van der Waals surface area contributed by atoms with E-state index in [1.54, 1.807) is 0 Å². The van der Waals surface area contributed by atoms with Crippen molar-refractivity contribution in [3.8, 4) is 0 Å². The molecule has 0 spiro atoms. The number of rotatable bonds is 19. The minimum atomic E-state index is -0.778. The molecule has 0 aromatic heterocycles. The summed E-state index contributed by atoms with van der Waals surface area (Å²) in [4.78, 5) is 33.9. The zero-order chi connectivity index (χ0) is 29.7. The van der Waals surface area contributed by atoms with Crippen molar-refractivity contribution in [2.45, 2.75) is 110 Å². The van der Waals surface area contributed by atoms with Gasteiger partial charge in [0.15, 0.2) is 0 Å².